The van der Waals surface area contributed by atoms with Crippen LogP contribution in [0.3, 0.4) is 0 Å². The van der Waals surface area contributed by atoms with Gasteiger partial charge in [0.15, 0.2) is 5.16 Å². The molecule has 2 heterocycles. The molecule has 2 N–H and O–H groups in total. The topological polar surface area (TPSA) is 110 Å². The van der Waals surface area contributed by atoms with Crippen LogP contribution >= 0.6 is 11.8 Å². The first-order valence-electron chi connectivity index (χ1n) is 9.39. The lowest BCUT2D eigenvalue weighted by molar-refractivity contribution is -0.119. The molecule has 10 heteroatoms. The highest BCUT2D eigenvalue weighted by atomic mass is 32.2. The Labute approximate surface area is 171 Å². The van der Waals surface area contributed by atoms with Crippen molar-refractivity contribution in [3.63, 3.8) is 0 Å². The lowest BCUT2D eigenvalue weighted by Crippen LogP contribution is -2.41. The van der Waals surface area contributed by atoms with Crippen molar-refractivity contribution in [2.45, 2.75) is 44.1 Å². The summed E-state index contributed by atoms with van der Waals surface area (Å²) in [5.74, 6) is 0.429. The highest BCUT2D eigenvalue weighted by Gasteiger charge is 2.22. The van der Waals surface area contributed by atoms with Gasteiger partial charge in [0, 0.05) is 13.6 Å². The maximum absolute atomic E-state index is 13.0. The number of aromatic nitrogens is 4. The normalized spacial score (nSPS) is 12.4. The Morgan fingerprint density at radius 3 is 2.59 bits per heavy atom. The molecule has 29 heavy (non-hydrogen) atoms. The summed E-state index contributed by atoms with van der Waals surface area (Å²) in [5.41, 5.74) is 0.572. The van der Waals surface area contributed by atoms with E-state index in [4.69, 9.17) is 0 Å². The number of rotatable bonds is 6. The first-order chi connectivity index (χ1) is 13.8. The van der Waals surface area contributed by atoms with E-state index in [0.717, 1.165) is 6.42 Å². The SMILES string of the molecule is CNC(=O)NC(=O)[C@H](C)Sc1nnc2n(CCC(C)C)c(=O)c3ccccc3n12. The van der Waals surface area contributed by atoms with Gasteiger partial charge in [0.2, 0.25) is 11.7 Å². The van der Waals surface area contributed by atoms with Crippen LogP contribution in [-0.4, -0.2) is 43.4 Å². The van der Waals surface area contributed by atoms with Gasteiger partial charge in [-0.15, -0.1) is 10.2 Å². The highest BCUT2D eigenvalue weighted by Crippen LogP contribution is 2.25. The fraction of sp³-hybridized carbons (Fsp3) is 0.421. The summed E-state index contributed by atoms with van der Waals surface area (Å²) >= 11 is 1.18. The Morgan fingerprint density at radius 1 is 1.17 bits per heavy atom. The van der Waals surface area contributed by atoms with E-state index in [2.05, 4.69) is 34.7 Å². The lowest BCUT2D eigenvalue weighted by atomic mass is 10.1. The van der Waals surface area contributed by atoms with Crippen LogP contribution < -0.4 is 16.2 Å². The van der Waals surface area contributed by atoms with Crippen LogP contribution in [0, 0.1) is 5.92 Å². The van der Waals surface area contributed by atoms with Gasteiger partial charge in [-0.25, -0.2) is 4.79 Å². The van der Waals surface area contributed by atoms with Crippen LogP contribution in [0.1, 0.15) is 27.2 Å². The van der Waals surface area contributed by atoms with E-state index in [1.54, 1.807) is 22.0 Å². The Balaban J connectivity index is 2.07. The van der Waals surface area contributed by atoms with E-state index in [9.17, 15) is 14.4 Å². The Hall–Kier alpha value is -2.88. The second kappa shape index (κ2) is 8.64. The van der Waals surface area contributed by atoms with E-state index >= 15 is 0 Å². The summed E-state index contributed by atoms with van der Waals surface area (Å²) in [6, 6.07) is 6.70. The standard InChI is InChI=1S/C19H24N6O3S/c1-11(2)9-10-24-16(27)13-7-5-6-8-14(13)25-18(24)22-23-19(25)29-12(3)15(26)21-17(28)20-4/h5-8,11-12H,9-10H2,1-4H3,(H2,20,21,26,28)/t12-/m0/s1. The van der Waals surface area contributed by atoms with E-state index in [1.807, 2.05) is 18.2 Å². The molecule has 0 aliphatic rings. The second-order valence-corrected chi connectivity index (χ2v) is 8.41. The number of amides is 3. The van der Waals surface area contributed by atoms with E-state index in [0.29, 0.717) is 34.3 Å². The number of imide groups is 1. The summed E-state index contributed by atoms with van der Waals surface area (Å²) in [6.45, 7) is 6.41. The Kier molecular flexibility index (Phi) is 6.21. The van der Waals surface area contributed by atoms with Gasteiger partial charge >= 0.3 is 6.03 Å². The minimum atomic E-state index is -0.588. The van der Waals surface area contributed by atoms with Crippen LogP contribution in [0.2, 0.25) is 0 Å². The molecule has 0 spiro atoms. The third-order valence-corrected chi connectivity index (χ3v) is 5.57. The van der Waals surface area contributed by atoms with Crippen molar-refractivity contribution in [3.05, 3.63) is 34.6 Å². The summed E-state index contributed by atoms with van der Waals surface area (Å²) in [5, 5.41) is 13.5. The zero-order valence-corrected chi connectivity index (χ0v) is 17.6. The predicted octanol–water partition coefficient (Wildman–Crippen LogP) is 2.03. The molecular formula is C19H24N6O3S. The molecule has 0 radical (unpaired) electrons. The third-order valence-electron chi connectivity index (χ3n) is 4.52. The number of carbonyl (C=O) groups excluding carboxylic acids is 2. The summed E-state index contributed by atoms with van der Waals surface area (Å²) in [4.78, 5) is 36.6. The van der Waals surface area contributed by atoms with E-state index in [1.165, 1.54) is 18.8 Å². The van der Waals surface area contributed by atoms with Crippen molar-refractivity contribution in [1.82, 2.24) is 29.8 Å². The van der Waals surface area contributed by atoms with Crippen molar-refractivity contribution in [2.24, 2.45) is 5.92 Å². The van der Waals surface area contributed by atoms with Crippen LogP contribution in [0.25, 0.3) is 16.7 Å². The third kappa shape index (κ3) is 4.26. The Morgan fingerprint density at radius 2 is 1.90 bits per heavy atom. The number of nitrogens with zero attached hydrogens (tertiary/aromatic N) is 4. The molecule has 3 amide bonds. The lowest BCUT2D eigenvalue weighted by Gasteiger charge is -2.13. The number of hydrogen-bond donors (Lipinski definition) is 2. The minimum absolute atomic E-state index is 0.108. The minimum Gasteiger partial charge on any atom is -0.341 e. The molecule has 0 aliphatic carbocycles. The molecule has 154 valence electrons. The van der Waals surface area contributed by atoms with Crippen LogP contribution in [-0.2, 0) is 11.3 Å². The maximum atomic E-state index is 13.0. The van der Waals surface area contributed by atoms with Gasteiger partial charge < -0.3 is 5.32 Å². The molecule has 0 bridgehead atoms. The summed E-state index contributed by atoms with van der Waals surface area (Å²) < 4.78 is 3.43. The molecule has 9 nitrogen and oxygen atoms in total. The smallest absolute Gasteiger partial charge is 0.321 e. The molecule has 3 rings (SSSR count). The average molecular weight is 417 g/mol. The zero-order chi connectivity index (χ0) is 21.1. The largest absolute Gasteiger partial charge is 0.341 e. The van der Waals surface area contributed by atoms with Crippen LogP contribution in [0.15, 0.2) is 34.2 Å². The fourth-order valence-electron chi connectivity index (χ4n) is 2.89. The summed E-state index contributed by atoms with van der Waals surface area (Å²) in [6.07, 6.45) is 0.828. The molecule has 2 aromatic heterocycles. The van der Waals surface area contributed by atoms with Gasteiger partial charge in [0.25, 0.3) is 5.56 Å². The molecule has 0 aliphatic heterocycles. The number of para-hydroxylation sites is 1. The predicted molar refractivity (Wildman–Crippen MR) is 112 cm³/mol. The molecule has 3 aromatic rings. The number of benzene rings is 1. The van der Waals surface area contributed by atoms with E-state index in [-0.39, 0.29) is 5.56 Å². The molecule has 0 fully saturated rings. The Bertz CT molecular complexity index is 1120. The van der Waals surface area contributed by atoms with Crippen molar-refractivity contribution < 1.29 is 9.59 Å². The number of carbonyl (C=O) groups is 2. The van der Waals surface area contributed by atoms with Crippen molar-refractivity contribution in [3.8, 4) is 0 Å². The monoisotopic (exact) mass is 416 g/mol. The number of thioether (sulfide) groups is 1. The fourth-order valence-corrected chi connectivity index (χ4v) is 3.74. The zero-order valence-electron chi connectivity index (χ0n) is 16.8. The number of hydrogen-bond acceptors (Lipinski definition) is 6. The molecule has 1 atom stereocenters. The molecule has 1 aromatic carbocycles. The molecule has 0 saturated heterocycles. The second-order valence-electron chi connectivity index (χ2n) is 7.10. The first kappa shape index (κ1) is 20.8. The summed E-state index contributed by atoms with van der Waals surface area (Å²) in [7, 11) is 1.44. The van der Waals surface area contributed by atoms with Crippen molar-refractivity contribution in [1.29, 1.82) is 0 Å². The highest BCUT2D eigenvalue weighted by molar-refractivity contribution is 8.00. The number of fused-ring (bicyclic) bond motifs is 3. The van der Waals surface area contributed by atoms with Gasteiger partial charge in [-0.2, -0.15) is 0 Å². The van der Waals surface area contributed by atoms with Crippen LogP contribution in [0.5, 0.6) is 0 Å². The van der Waals surface area contributed by atoms with Crippen molar-refractivity contribution in [2.75, 3.05) is 7.05 Å². The number of aryl methyl sites for hydroxylation is 1. The van der Waals surface area contributed by atoms with Gasteiger partial charge in [0.05, 0.1) is 16.2 Å². The van der Waals surface area contributed by atoms with Gasteiger partial charge in [-0.1, -0.05) is 37.7 Å². The molecule has 0 unspecified atom stereocenters. The van der Waals surface area contributed by atoms with Gasteiger partial charge in [-0.3, -0.25) is 23.9 Å². The average Bonchev–Trinajstić information content (AvgIpc) is 3.11. The molecule has 0 saturated carbocycles. The van der Waals surface area contributed by atoms with Gasteiger partial charge in [-0.05, 0) is 31.4 Å². The van der Waals surface area contributed by atoms with E-state index < -0.39 is 17.2 Å². The van der Waals surface area contributed by atoms with Crippen LogP contribution in [0.4, 0.5) is 4.79 Å². The number of urea groups is 1. The quantitative estimate of drug-likeness (QED) is 0.595. The van der Waals surface area contributed by atoms with Gasteiger partial charge in [0.1, 0.15) is 0 Å². The number of nitrogens with one attached hydrogen (secondary N) is 2. The first-order valence-corrected chi connectivity index (χ1v) is 10.3. The maximum Gasteiger partial charge on any atom is 0.321 e. The molecular weight excluding hydrogens is 392 g/mol. The van der Waals surface area contributed by atoms with Crippen molar-refractivity contribution >= 4 is 40.4 Å².